The first-order valence-corrected chi connectivity index (χ1v) is 4.37. The fourth-order valence-electron chi connectivity index (χ4n) is 1.23. The average Bonchev–Trinajstić information content (AvgIpc) is 2.65. The van der Waals surface area contributed by atoms with Gasteiger partial charge in [0.25, 0.3) is 0 Å². The number of hydrogen-bond acceptors (Lipinski definition) is 1. The number of hydrogen-bond donors (Lipinski definition) is 0. The minimum Gasteiger partial charge on any atom is -0.369 e. The lowest BCUT2D eigenvalue weighted by molar-refractivity contribution is 0.368. The van der Waals surface area contributed by atoms with Gasteiger partial charge in [-0.05, 0) is 12.8 Å². The van der Waals surface area contributed by atoms with E-state index in [-0.39, 0.29) is 0 Å². The molecular weight excluding hydrogens is 124 g/mol. The van der Waals surface area contributed by atoms with Gasteiger partial charge in [-0.2, -0.15) is 0 Å². The van der Waals surface area contributed by atoms with Crippen molar-refractivity contribution in [3.8, 4) is 0 Å². The zero-order valence-corrected chi connectivity index (χ0v) is 6.97. The van der Waals surface area contributed by atoms with E-state index in [1.54, 1.807) is 0 Å². The summed E-state index contributed by atoms with van der Waals surface area (Å²) in [5.41, 5.74) is 0. The van der Waals surface area contributed by atoms with E-state index in [0.29, 0.717) is 12.2 Å². The van der Waals surface area contributed by atoms with Gasteiger partial charge in [0.05, 0.1) is 12.2 Å². The standard InChI is InChI=1S/C9H17O/c1-3-5-7-9-8(10-9)6-4-2/h6,8-9H,3-5,7H2,1-2H3. The Balaban J connectivity index is 1.92. The molecular formula is C9H17O. The molecule has 1 aliphatic rings. The molecule has 2 atom stereocenters. The van der Waals surface area contributed by atoms with Crippen LogP contribution in [0.2, 0.25) is 0 Å². The molecule has 10 heavy (non-hydrogen) atoms. The largest absolute Gasteiger partial charge is 0.369 e. The van der Waals surface area contributed by atoms with E-state index in [4.69, 9.17) is 4.74 Å². The Morgan fingerprint density at radius 3 is 2.80 bits per heavy atom. The summed E-state index contributed by atoms with van der Waals surface area (Å²) >= 11 is 0. The van der Waals surface area contributed by atoms with E-state index in [9.17, 15) is 0 Å². The van der Waals surface area contributed by atoms with Crippen LogP contribution in [0.1, 0.15) is 39.5 Å². The van der Waals surface area contributed by atoms with Crippen LogP contribution in [0.4, 0.5) is 0 Å². The zero-order chi connectivity index (χ0) is 7.40. The van der Waals surface area contributed by atoms with Crippen molar-refractivity contribution in [1.29, 1.82) is 0 Å². The zero-order valence-electron chi connectivity index (χ0n) is 6.97. The van der Waals surface area contributed by atoms with Crippen molar-refractivity contribution in [3.05, 3.63) is 6.42 Å². The second-order valence-electron chi connectivity index (χ2n) is 2.93. The Morgan fingerprint density at radius 2 is 2.20 bits per heavy atom. The fourth-order valence-corrected chi connectivity index (χ4v) is 1.23. The van der Waals surface area contributed by atoms with Gasteiger partial charge in [-0.25, -0.2) is 0 Å². The Labute approximate surface area is 63.8 Å². The third-order valence-corrected chi connectivity index (χ3v) is 1.93. The normalized spacial score (nSPS) is 30.6. The molecule has 1 rings (SSSR count). The van der Waals surface area contributed by atoms with Gasteiger partial charge < -0.3 is 4.74 Å². The Bertz CT molecular complexity index is 90.7. The lowest BCUT2D eigenvalue weighted by Crippen LogP contribution is -1.93. The molecule has 0 spiro atoms. The Kier molecular flexibility index (Phi) is 3.20. The molecule has 1 heterocycles. The van der Waals surface area contributed by atoms with E-state index in [2.05, 4.69) is 20.3 Å². The van der Waals surface area contributed by atoms with Crippen LogP contribution in [-0.2, 0) is 4.74 Å². The van der Waals surface area contributed by atoms with Gasteiger partial charge in [0.15, 0.2) is 0 Å². The summed E-state index contributed by atoms with van der Waals surface area (Å²) in [4.78, 5) is 0. The van der Waals surface area contributed by atoms with Crippen LogP contribution in [0, 0.1) is 6.42 Å². The van der Waals surface area contributed by atoms with Gasteiger partial charge in [0, 0.05) is 0 Å². The lowest BCUT2D eigenvalue weighted by Gasteiger charge is -1.90. The highest BCUT2D eigenvalue weighted by Gasteiger charge is 2.36. The minimum absolute atomic E-state index is 0.511. The second kappa shape index (κ2) is 3.97. The van der Waals surface area contributed by atoms with Gasteiger partial charge in [-0.1, -0.05) is 33.1 Å². The van der Waals surface area contributed by atoms with Crippen molar-refractivity contribution in [2.75, 3.05) is 0 Å². The average molecular weight is 141 g/mol. The number of ether oxygens (including phenoxy) is 1. The van der Waals surface area contributed by atoms with Gasteiger partial charge >= 0.3 is 0 Å². The van der Waals surface area contributed by atoms with Crippen LogP contribution in [-0.4, -0.2) is 12.2 Å². The van der Waals surface area contributed by atoms with Gasteiger partial charge in [0.2, 0.25) is 0 Å². The quantitative estimate of drug-likeness (QED) is 0.536. The molecule has 1 nitrogen and oxygen atoms in total. The highest BCUT2D eigenvalue weighted by atomic mass is 16.6. The van der Waals surface area contributed by atoms with E-state index in [1.165, 1.54) is 19.3 Å². The molecule has 0 bridgehead atoms. The summed E-state index contributed by atoms with van der Waals surface area (Å²) in [5.74, 6) is 0. The fraction of sp³-hybridized carbons (Fsp3) is 0.889. The van der Waals surface area contributed by atoms with E-state index in [1.807, 2.05) is 0 Å². The van der Waals surface area contributed by atoms with E-state index >= 15 is 0 Å². The highest BCUT2D eigenvalue weighted by molar-refractivity contribution is 4.94. The van der Waals surface area contributed by atoms with Crippen molar-refractivity contribution in [2.45, 2.75) is 51.7 Å². The van der Waals surface area contributed by atoms with Crippen molar-refractivity contribution in [3.63, 3.8) is 0 Å². The summed E-state index contributed by atoms with van der Waals surface area (Å²) in [6.07, 6.45) is 8.37. The van der Waals surface area contributed by atoms with Crippen LogP contribution in [0.15, 0.2) is 0 Å². The van der Waals surface area contributed by atoms with Crippen molar-refractivity contribution in [2.24, 2.45) is 0 Å². The van der Waals surface area contributed by atoms with Crippen LogP contribution < -0.4 is 0 Å². The maximum atomic E-state index is 5.40. The first-order valence-electron chi connectivity index (χ1n) is 4.37. The summed E-state index contributed by atoms with van der Waals surface area (Å²) in [5, 5.41) is 0. The molecule has 1 aliphatic heterocycles. The van der Waals surface area contributed by atoms with Crippen molar-refractivity contribution in [1.82, 2.24) is 0 Å². The molecule has 0 aliphatic carbocycles. The molecule has 0 aromatic heterocycles. The summed E-state index contributed by atoms with van der Waals surface area (Å²) < 4.78 is 5.40. The molecule has 0 N–H and O–H groups in total. The highest BCUT2D eigenvalue weighted by Crippen LogP contribution is 2.29. The molecule has 0 saturated carbocycles. The van der Waals surface area contributed by atoms with Gasteiger partial charge in [0.1, 0.15) is 0 Å². The molecule has 0 aromatic carbocycles. The van der Waals surface area contributed by atoms with Crippen LogP contribution in [0.25, 0.3) is 0 Å². The topological polar surface area (TPSA) is 12.5 Å². The van der Waals surface area contributed by atoms with Crippen LogP contribution >= 0.6 is 0 Å². The van der Waals surface area contributed by atoms with Crippen molar-refractivity contribution >= 4 is 0 Å². The summed E-state index contributed by atoms with van der Waals surface area (Å²) in [7, 11) is 0. The predicted octanol–water partition coefficient (Wildman–Crippen LogP) is 2.56. The lowest BCUT2D eigenvalue weighted by atomic mass is 10.1. The molecule has 59 valence electrons. The second-order valence-corrected chi connectivity index (χ2v) is 2.93. The Hall–Kier alpha value is -0.0400. The molecule has 0 amide bonds. The third-order valence-electron chi connectivity index (χ3n) is 1.93. The smallest absolute Gasteiger partial charge is 0.0873 e. The van der Waals surface area contributed by atoms with Crippen LogP contribution in [0.5, 0.6) is 0 Å². The maximum Gasteiger partial charge on any atom is 0.0873 e. The van der Waals surface area contributed by atoms with Crippen molar-refractivity contribution < 1.29 is 4.74 Å². The summed E-state index contributed by atoms with van der Waals surface area (Å²) in [6.45, 7) is 4.39. The first kappa shape index (κ1) is 8.06. The molecule has 1 saturated heterocycles. The summed E-state index contributed by atoms with van der Waals surface area (Å²) in [6, 6.07) is 0. The number of unbranched alkanes of at least 4 members (excludes halogenated alkanes) is 1. The van der Waals surface area contributed by atoms with Gasteiger partial charge in [-0.15, -0.1) is 0 Å². The third kappa shape index (κ3) is 2.30. The molecule has 2 unspecified atom stereocenters. The minimum atomic E-state index is 0.511. The SMILES string of the molecule is CC[CH]C1OC1CCCC. The molecule has 1 heteroatoms. The first-order chi connectivity index (χ1) is 4.88. The van der Waals surface area contributed by atoms with E-state index in [0.717, 1.165) is 6.42 Å². The van der Waals surface area contributed by atoms with E-state index < -0.39 is 0 Å². The van der Waals surface area contributed by atoms with Crippen LogP contribution in [0.3, 0.4) is 0 Å². The molecule has 1 fully saturated rings. The molecule has 0 aromatic rings. The molecule has 1 radical (unpaired) electrons. The maximum absolute atomic E-state index is 5.40. The monoisotopic (exact) mass is 141 g/mol. The number of rotatable bonds is 5. The van der Waals surface area contributed by atoms with Gasteiger partial charge in [-0.3, -0.25) is 0 Å². The predicted molar refractivity (Wildman–Crippen MR) is 42.8 cm³/mol. The Morgan fingerprint density at radius 1 is 1.40 bits per heavy atom. The number of epoxide rings is 1.